The largest absolute Gasteiger partial charge is 0.494 e. The number of hydrogen-bond donors (Lipinski definition) is 0. The first-order chi connectivity index (χ1) is 15.4. The third kappa shape index (κ3) is 8.33. The Bertz CT molecular complexity index is 863. The van der Waals surface area contributed by atoms with Crippen molar-refractivity contribution in [1.29, 1.82) is 0 Å². The lowest BCUT2D eigenvalue weighted by atomic mass is 10.1. The van der Waals surface area contributed by atoms with E-state index in [1.165, 1.54) is 37.8 Å². The summed E-state index contributed by atoms with van der Waals surface area (Å²) in [6.07, 6.45) is 7.47. The minimum atomic E-state index is -0.804. The summed E-state index contributed by atoms with van der Waals surface area (Å²) in [6.45, 7) is 6.44. The van der Waals surface area contributed by atoms with Crippen molar-refractivity contribution in [2.24, 2.45) is 0 Å². The van der Waals surface area contributed by atoms with Crippen LogP contribution in [0.3, 0.4) is 0 Å². The number of hydrogen-bond acceptors (Lipinski definition) is 5. The summed E-state index contributed by atoms with van der Waals surface area (Å²) in [6, 6.07) is 10.3. The van der Waals surface area contributed by atoms with Crippen LogP contribution in [-0.4, -0.2) is 24.6 Å². The fourth-order valence-corrected chi connectivity index (χ4v) is 2.98. The first-order valence-electron chi connectivity index (χ1n) is 11.4. The predicted octanol–water partition coefficient (Wildman–Crippen LogP) is 6.74. The summed E-state index contributed by atoms with van der Waals surface area (Å²) in [5, 5.41) is 0. The molecule has 0 amide bonds. The SMILES string of the molecule is CCCCCCCCOc1ccc(C(=O)Oc2ccc(C(=O)O[C@H](C)CC)c(F)c2)cc1. The summed E-state index contributed by atoms with van der Waals surface area (Å²) in [5.41, 5.74) is 0.120. The summed E-state index contributed by atoms with van der Waals surface area (Å²) in [7, 11) is 0. The lowest BCUT2D eigenvalue weighted by Gasteiger charge is -2.12. The van der Waals surface area contributed by atoms with Crippen molar-refractivity contribution in [3.63, 3.8) is 0 Å². The molecule has 0 N–H and O–H groups in total. The molecule has 0 aliphatic rings. The van der Waals surface area contributed by atoms with Crippen LogP contribution in [0.15, 0.2) is 42.5 Å². The van der Waals surface area contributed by atoms with Gasteiger partial charge in [0, 0.05) is 6.07 Å². The number of benzene rings is 2. The van der Waals surface area contributed by atoms with E-state index in [1.807, 2.05) is 6.92 Å². The van der Waals surface area contributed by atoms with E-state index in [1.54, 1.807) is 31.2 Å². The fraction of sp³-hybridized carbons (Fsp3) is 0.462. The van der Waals surface area contributed by atoms with E-state index in [9.17, 15) is 14.0 Å². The Morgan fingerprint density at radius 3 is 2.19 bits per heavy atom. The Balaban J connectivity index is 1.84. The van der Waals surface area contributed by atoms with Crippen molar-refractivity contribution in [2.45, 2.75) is 71.8 Å². The molecule has 2 rings (SSSR count). The highest BCUT2D eigenvalue weighted by Crippen LogP contribution is 2.20. The summed E-state index contributed by atoms with van der Waals surface area (Å²) < 4.78 is 30.4. The van der Waals surface area contributed by atoms with E-state index in [-0.39, 0.29) is 17.4 Å². The topological polar surface area (TPSA) is 61.8 Å². The molecule has 0 heterocycles. The number of ether oxygens (including phenoxy) is 3. The standard InChI is InChI=1S/C26H33FO5/c1-4-6-7-8-9-10-17-30-21-13-11-20(12-14-21)25(28)32-22-15-16-23(24(27)18-22)26(29)31-19(3)5-2/h11-16,18-19H,4-10,17H2,1-3H3/t19-/m1/s1. The molecule has 0 saturated carbocycles. The molecule has 0 fully saturated rings. The van der Waals surface area contributed by atoms with E-state index in [2.05, 4.69) is 6.92 Å². The maximum atomic E-state index is 14.3. The maximum absolute atomic E-state index is 14.3. The van der Waals surface area contributed by atoms with Crippen LogP contribution in [0.25, 0.3) is 0 Å². The molecule has 0 saturated heterocycles. The van der Waals surface area contributed by atoms with Crippen molar-refractivity contribution < 1.29 is 28.2 Å². The second kappa shape index (κ2) is 13.5. The van der Waals surface area contributed by atoms with Crippen LogP contribution in [0, 0.1) is 5.82 Å². The molecule has 0 aliphatic carbocycles. The highest BCUT2D eigenvalue weighted by molar-refractivity contribution is 5.92. The van der Waals surface area contributed by atoms with Gasteiger partial charge < -0.3 is 14.2 Å². The molecule has 0 aliphatic heterocycles. The van der Waals surface area contributed by atoms with Crippen molar-refractivity contribution in [3.8, 4) is 11.5 Å². The number of esters is 2. The Morgan fingerprint density at radius 1 is 0.875 bits per heavy atom. The highest BCUT2D eigenvalue weighted by atomic mass is 19.1. The first kappa shape index (κ1) is 25.4. The molecule has 2 aromatic carbocycles. The van der Waals surface area contributed by atoms with E-state index in [0.29, 0.717) is 24.3 Å². The second-order valence-electron chi connectivity index (χ2n) is 7.80. The Hall–Kier alpha value is -2.89. The van der Waals surface area contributed by atoms with Gasteiger partial charge in [0.2, 0.25) is 0 Å². The fourth-order valence-electron chi connectivity index (χ4n) is 2.98. The molecule has 0 radical (unpaired) electrons. The molecule has 5 nitrogen and oxygen atoms in total. The Labute approximate surface area is 189 Å². The summed E-state index contributed by atoms with van der Waals surface area (Å²) in [5.74, 6) is -1.48. The van der Waals surface area contributed by atoms with Crippen molar-refractivity contribution in [2.75, 3.05) is 6.61 Å². The molecule has 0 aromatic heterocycles. The smallest absolute Gasteiger partial charge is 0.343 e. The van der Waals surface area contributed by atoms with E-state index < -0.39 is 17.8 Å². The van der Waals surface area contributed by atoms with Crippen LogP contribution in [0.2, 0.25) is 0 Å². The van der Waals surface area contributed by atoms with Gasteiger partial charge in [-0.25, -0.2) is 14.0 Å². The maximum Gasteiger partial charge on any atom is 0.343 e. The molecular formula is C26H33FO5. The molecular weight excluding hydrogens is 411 g/mol. The number of carbonyl (C=O) groups is 2. The van der Waals surface area contributed by atoms with Crippen molar-refractivity contribution >= 4 is 11.9 Å². The van der Waals surface area contributed by atoms with Crippen LogP contribution in [0.5, 0.6) is 11.5 Å². The third-order valence-corrected chi connectivity index (χ3v) is 5.11. The second-order valence-corrected chi connectivity index (χ2v) is 7.80. The van der Waals surface area contributed by atoms with Crippen LogP contribution < -0.4 is 9.47 Å². The van der Waals surface area contributed by atoms with Gasteiger partial charge in [0.25, 0.3) is 0 Å². The van der Waals surface area contributed by atoms with Crippen molar-refractivity contribution in [1.82, 2.24) is 0 Å². The van der Waals surface area contributed by atoms with Crippen LogP contribution in [0.4, 0.5) is 4.39 Å². The van der Waals surface area contributed by atoms with Gasteiger partial charge in [-0.15, -0.1) is 0 Å². The molecule has 0 bridgehead atoms. The zero-order valence-electron chi connectivity index (χ0n) is 19.2. The minimum absolute atomic E-state index is 0.0102. The minimum Gasteiger partial charge on any atom is -0.494 e. The number of halogens is 1. The molecule has 1 atom stereocenters. The van der Waals surface area contributed by atoms with Gasteiger partial charge >= 0.3 is 11.9 Å². The monoisotopic (exact) mass is 444 g/mol. The zero-order valence-corrected chi connectivity index (χ0v) is 19.2. The van der Waals surface area contributed by atoms with Gasteiger partial charge in [-0.1, -0.05) is 46.0 Å². The van der Waals surface area contributed by atoms with Crippen molar-refractivity contribution in [3.05, 3.63) is 59.4 Å². The van der Waals surface area contributed by atoms with Gasteiger partial charge in [0.15, 0.2) is 0 Å². The van der Waals surface area contributed by atoms with Gasteiger partial charge in [-0.05, 0) is 56.2 Å². The average Bonchev–Trinajstić information content (AvgIpc) is 2.78. The van der Waals surface area contributed by atoms with Gasteiger partial charge in [0.1, 0.15) is 17.3 Å². The number of unbranched alkanes of at least 4 members (excludes halogenated alkanes) is 5. The zero-order chi connectivity index (χ0) is 23.3. The van der Waals surface area contributed by atoms with E-state index >= 15 is 0 Å². The Kier molecular flexibility index (Phi) is 10.7. The average molecular weight is 445 g/mol. The molecule has 2 aromatic rings. The Morgan fingerprint density at radius 2 is 1.53 bits per heavy atom. The third-order valence-electron chi connectivity index (χ3n) is 5.11. The van der Waals surface area contributed by atoms with E-state index in [0.717, 1.165) is 18.9 Å². The molecule has 174 valence electrons. The number of carbonyl (C=O) groups excluding carboxylic acids is 2. The normalized spacial score (nSPS) is 11.6. The predicted molar refractivity (Wildman–Crippen MR) is 122 cm³/mol. The van der Waals surface area contributed by atoms with Gasteiger partial charge in [-0.2, -0.15) is 0 Å². The summed E-state index contributed by atoms with van der Waals surface area (Å²) in [4.78, 5) is 24.3. The van der Waals surface area contributed by atoms with Gasteiger partial charge in [0.05, 0.1) is 23.8 Å². The quantitative estimate of drug-likeness (QED) is 0.194. The first-order valence-corrected chi connectivity index (χ1v) is 11.4. The highest BCUT2D eigenvalue weighted by Gasteiger charge is 2.17. The molecule has 0 spiro atoms. The van der Waals surface area contributed by atoms with Crippen LogP contribution >= 0.6 is 0 Å². The molecule has 0 unspecified atom stereocenters. The lowest BCUT2D eigenvalue weighted by Crippen LogP contribution is -2.15. The van der Waals surface area contributed by atoms with Crippen LogP contribution in [-0.2, 0) is 4.74 Å². The molecule has 32 heavy (non-hydrogen) atoms. The van der Waals surface area contributed by atoms with Crippen LogP contribution in [0.1, 0.15) is 86.4 Å². The number of rotatable bonds is 13. The summed E-state index contributed by atoms with van der Waals surface area (Å²) >= 11 is 0. The van der Waals surface area contributed by atoms with Gasteiger partial charge in [-0.3, -0.25) is 0 Å². The molecule has 6 heteroatoms. The van der Waals surface area contributed by atoms with E-state index in [4.69, 9.17) is 14.2 Å². The lowest BCUT2D eigenvalue weighted by molar-refractivity contribution is 0.0329.